The van der Waals surface area contributed by atoms with Gasteiger partial charge >= 0.3 is 0 Å². The maximum Gasteiger partial charge on any atom is 0.276 e. The van der Waals surface area contributed by atoms with Crippen LogP contribution in [0.15, 0.2) is 45.3 Å². The van der Waals surface area contributed by atoms with Gasteiger partial charge in [-0.25, -0.2) is 0 Å². The lowest BCUT2D eigenvalue weighted by Crippen LogP contribution is -2.43. The number of hydrazine groups is 1. The van der Waals surface area contributed by atoms with Crippen LogP contribution in [0.25, 0.3) is 0 Å². The molecule has 31 heavy (non-hydrogen) atoms. The predicted octanol–water partition coefficient (Wildman–Crippen LogP) is 5.38. The van der Waals surface area contributed by atoms with Crippen molar-refractivity contribution in [3.05, 3.63) is 56.5 Å². The minimum atomic E-state index is -0.476. The van der Waals surface area contributed by atoms with Crippen molar-refractivity contribution in [3.8, 4) is 11.5 Å². The summed E-state index contributed by atoms with van der Waals surface area (Å²) in [5.41, 5.74) is 6.28. The average molecular weight is 556 g/mol. The zero-order chi connectivity index (χ0) is 23.2. The Kier molecular flexibility index (Phi) is 8.94. The summed E-state index contributed by atoms with van der Waals surface area (Å²) in [5.74, 6) is 0.682. The van der Waals surface area contributed by atoms with E-state index in [2.05, 4.69) is 77.3 Å². The van der Waals surface area contributed by atoms with Gasteiger partial charge in [0.2, 0.25) is 0 Å². The molecular formula is C23H28Br2N2O4. The SMILES string of the molecule is CC(C)COc1ccc(C(=O)NNC(=O)COc2ccc(C(C)(C)C)cc2Br)cc1Br. The zero-order valence-corrected chi connectivity index (χ0v) is 21.5. The molecule has 2 amide bonds. The first-order valence-corrected chi connectivity index (χ1v) is 11.5. The van der Waals surface area contributed by atoms with Crippen molar-refractivity contribution in [1.82, 2.24) is 10.9 Å². The summed E-state index contributed by atoms with van der Waals surface area (Å²) >= 11 is 6.88. The fourth-order valence-electron chi connectivity index (χ4n) is 2.48. The molecule has 0 aliphatic carbocycles. The average Bonchev–Trinajstić information content (AvgIpc) is 2.69. The Labute approximate surface area is 200 Å². The van der Waals surface area contributed by atoms with E-state index in [1.807, 2.05) is 18.2 Å². The number of carbonyl (C=O) groups is 2. The molecule has 8 heteroatoms. The smallest absolute Gasteiger partial charge is 0.276 e. The second kappa shape index (κ2) is 11.0. The van der Waals surface area contributed by atoms with E-state index in [9.17, 15) is 9.59 Å². The van der Waals surface area contributed by atoms with Crippen molar-refractivity contribution < 1.29 is 19.1 Å². The molecule has 6 nitrogen and oxygen atoms in total. The highest BCUT2D eigenvalue weighted by Gasteiger charge is 2.16. The van der Waals surface area contributed by atoms with Gasteiger partial charge in [0, 0.05) is 5.56 Å². The Bertz CT molecular complexity index is 940. The highest BCUT2D eigenvalue weighted by molar-refractivity contribution is 9.10. The number of ether oxygens (including phenoxy) is 2. The molecule has 2 N–H and O–H groups in total. The van der Waals surface area contributed by atoms with Gasteiger partial charge in [0.1, 0.15) is 11.5 Å². The summed E-state index contributed by atoms with van der Waals surface area (Å²) in [6.45, 7) is 10.8. The quantitative estimate of drug-likeness (QED) is 0.449. The summed E-state index contributed by atoms with van der Waals surface area (Å²) in [4.78, 5) is 24.4. The first-order valence-electron chi connectivity index (χ1n) is 9.91. The normalized spacial score (nSPS) is 11.2. The maximum absolute atomic E-state index is 12.3. The fraction of sp³-hybridized carbons (Fsp3) is 0.391. The minimum Gasteiger partial charge on any atom is -0.492 e. The number of nitrogens with one attached hydrogen (secondary N) is 2. The molecule has 168 valence electrons. The van der Waals surface area contributed by atoms with Gasteiger partial charge in [0.25, 0.3) is 11.8 Å². The Morgan fingerprint density at radius 3 is 2.13 bits per heavy atom. The third kappa shape index (κ3) is 7.85. The van der Waals surface area contributed by atoms with Crippen LogP contribution < -0.4 is 20.3 Å². The second-order valence-corrected chi connectivity index (χ2v) is 10.2. The van der Waals surface area contributed by atoms with Gasteiger partial charge in [-0.15, -0.1) is 0 Å². The van der Waals surface area contributed by atoms with Gasteiger partial charge in [-0.1, -0.05) is 40.7 Å². The monoisotopic (exact) mass is 554 g/mol. The van der Waals surface area contributed by atoms with Crippen LogP contribution in [0.1, 0.15) is 50.5 Å². The molecule has 2 aromatic carbocycles. The van der Waals surface area contributed by atoms with Crippen LogP contribution in [-0.2, 0) is 10.2 Å². The summed E-state index contributed by atoms with van der Waals surface area (Å²) < 4.78 is 12.7. The van der Waals surface area contributed by atoms with Gasteiger partial charge in [-0.3, -0.25) is 20.4 Å². The summed E-state index contributed by atoms with van der Waals surface area (Å²) in [6.07, 6.45) is 0. The van der Waals surface area contributed by atoms with Crippen LogP contribution in [0.5, 0.6) is 11.5 Å². The van der Waals surface area contributed by atoms with E-state index < -0.39 is 11.8 Å². The summed E-state index contributed by atoms with van der Waals surface area (Å²) in [5, 5.41) is 0. The van der Waals surface area contributed by atoms with Gasteiger partial charge in [0.15, 0.2) is 6.61 Å². The van der Waals surface area contributed by atoms with Gasteiger partial charge < -0.3 is 9.47 Å². The van der Waals surface area contributed by atoms with Crippen molar-refractivity contribution >= 4 is 43.7 Å². The number of benzene rings is 2. The third-order valence-corrected chi connectivity index (χ3v) is 5.48. The van der Waals surface area contributed by atoms with Crippen molar-refractivity contribution in [3.63, 3.8) is 0 Å². The van der Waals surface area contributed by atoms with Crippen LogP contribution in [-0.4, -0.2) is 25.0 Å². The highest BCUT2D eigenvalue weighted by Crippen LogP contribution is 2.31. The molecule has 2 aromatic rings. The van der Waals surface area contributed by atoms with Crippen LogP contribution >= 0.6 is 31.9 Å². The Morgan fingerprint density at radius 2 is 1.55 bits per heavy atom. The molecule has 2 rings (SSSR count). The van der Waals surface area contributed by atoms with Crippen LogP contribution in [0.2, 0.25) is 0 Å². The molecule has 0 aliphatic rings. The molecule has 0 bridgehead atoms. The van der Waals surface area contributed by atoms with Crippen molar-refractivity contribution in [2.24, 2.45) is 5.92 Å². The van der Waals surface area contributed by atoms with Gasteiger partial charge in [-0.05, 0) is 79.1 Å². The number of rotatable bonds is 7. The molecule has 0 unspecified atom stereocenters. The largest absolute Gasteiger partial charge is 0.492 e. The Hall–Kier alpha value is -2.06. The number of carbonyl (C=O) groups excluding carboxylic acids is 2. The zero-order valence-electron chi connectivity index (χ0n) is 18.3. The highest BCUT2D eigenvalue weighted by atomic mass is 79.9. The number of hydrogen-bond acceptors (Lipinski definition) is 4. The van der Waals surface area contributed by atoms with E-state index in [0.29, 0.717) is 34.1 Å². The van der Waals surface area contributed by atoms with Crippen LogP contribution in [0.3, 0.4) is 0 Å². The molecule has 0 heterocycles. The predicted molar refractivity (Wildman–Crippen MR) is 128 cm³/mol. The summed E-state index contributed by atoms with van der Waals surface area (Å²) in [6, 6.07) is 10.7. The Morgan fingerprint density at radius 1 is 0.935 bits per heavy atom. The summed E-state index contributed by atoms with van der Waals surface area (Å²) in [7, 11) is 0. The van der Waals surface area contributed by atoms with Crippen molar-refractivity contribution in [2.75, 3.05) is 13.2 Å². The first kappa shape index (κ1) is 25.2. The van der Waals surface area contributed by atoms with E-state index in [4.69, 9.17) is 9.47 Å². The third-order valence-electron chi connectivity index (χ3n) is 4.24. The minimum absolute atomic E-state index is 0.0104. The van der Waals surface area contributed by atoms with E-state index in [1.54, 1.807) is 18.2 Å². The van der Waals surface area contributed by atoms with Gasteiger partial charge in [0.05, 0.1) is 15.6 Å². The van der Waals surface area contributed by atoms with Gasteiger partial charge in [-0.2, -0.15) is 0 Å². The number of halogens is 2. The Balaban J connectivity index is 1.86. The lowest BCUT2D eigenvalue weighted by atomic mass is 9.87. The molecule has 0 radical (unpaired) electrons. The standard InChI is InChI=1S/C23H28Br2N2O4/c1-14(2)12-30-19-8-6-15(10-17(19)24)22(29)27-26-21(28)13-31-20-9-7-16(11-18(20)25)23(3,4)5/h6-11,14H,12-13H2,1-5H3,(H,26,28)(H,27,29). The maximum atomic E-state index is 12.3. The van der Waals surface area contributed by atoms with Crippen LogP contribution in [0, 0.1) is 5.92 Å². The molecular weight excluding hydrogens is 528 g/mol. The number of hydrogen-bond donors (Lipinski definition) is 2. The molecule has 0 aromatic heterocycles. The van der Waals surface area contributed by atoms with E-state index in [-0.39, 0.29) is 12.0 Å². The molecule has 0 spiro atoms. The molecule has 0 saturated carbocycles. The van der Waals surface area contributed by atoms with E-state index in [0.717, 1.165) is 10.0 Å². The van der Waals surface area contributed by atoms with E-state index in [1.165, 1.54) is 0 Å². The second-order valence-electron chi connectivity index (χ2n) is 8.54. The molecule has 0 fully saturated rings. The van der Waals surface area contributed by atoms with Crippen LogP contribution in [0.4, 0.5) is 0 Å². The van der Waals surface area contributed by atoms with Crippen molar-refractivity contribution in [1.29, 1.82) is 0 Å². The molecule has 0 saturated heterocycles. The lowest BCUT2D eigenvalue weighted by Gasteiger charge is -2.20. The first-order chi connectivity index (χ1) is 14.5. The fourth-order valence-corrected chi connectivity index (χ4v) is 3.46. The lowest BCUT2D eigenvalue weighted by molar-refractivity contribution is -0.123. The molecule has 0 aliphatic heterocycles. The molecule has 0 atom stereocenters. The van der Waals surface area contributed by atoms with E-state index >= 15 is 0 Å². The van der Waals surface area contributed by atoms with Crippen molar-refractivity contribution in [2.45, 2.75) is 40.0 Å². The number of amides is 2. The topological polar surface area (TPSA) is 76.7 Å².